The van der Waals surface area contributed by atoms with Crippen LogP contribution in [0.3, 0.4) is 0 Å². The molecule has 1 aromatic carbocycles. The van der Waals surface area contributed by atoms with Gasteiger partial charge in [0.15, 0.2) is 0 Å². The van der Waals surface area contributed by atoms with Crippen LogP contribution < -0.4 is 9.80 Å². The number of carbonyl (C=O) groups excluding carboxylic acids is 2. The van der Waals surface area contributed by atoms with Gasteiger partial charge in [-0.05, 0) is 47.7 Å². The highest BCUT2D eigenvalue weighted by molar-refractivity contribution is 7.14. The Balaban J connectivity index is 1.50. The molecule has 0 saturated carbocycles. The minimum atomic E-state index is -0.359. The van der Waals surface area contributed by atoms with Crippen molar-refractivity contribution >= 4 is 46.3 Å². The lowest BCUT2D eigenvalue weighted by Gasteiger charge is -2.23. The molecule has 1 aromatic heterocycles. The molecule has 2 fully saturated rings. The molecule has 3 heterocycles. The van der Waals surface area contributed by atoms with Gasteiger partial charge in [-0.3, -0.25) is 9.69 Å². The van der Waals surface area contributed by atoms with Crippen molar-refractivity contribution in [1.29, 1.82) is 0 Å². The van der Waals surface area contributed by atoms with Crippen molar-refractivity contribution in [2.45, 2.75) is 25.9 Å². The second-order valence-electron chi connectivity index (χ2n) is 6.92. The van der Waals surface area contributed by atoms with Gasteiger partial charge < -0.3 is 14.4 Å². The lowest BCUT2D eigenvalue weighted by molar-refractivity contribution is -0.118. The third-order valence-corrected chi connectivity index (χ3v) is 6.27. The van der Waals surface area contributed by atoms with Crippen LogP contribution in [0.15, 0.2) is 29.6 Å². The van der Waals surface area contributed by atoms with Gasteiger partial charge >= 0.3 is 6.09 Å². The molecule has 0 spiro atoms. The van der Waals surface area contributed by atoms with Gasteiger partial charge in [0.05, 0.1) is 30.5 Å². The average Bonchev–Trinajstić information content (AvgIpc) is 3.16. The molecule has 0 N–H and O–H groups in total. The van der Waals surface area contributed by atoms with Gasteiger partial charge in [-0.15, -0.1) is 11.3 Å². The van der Waals surface area contributed by atoms with Crippen LogP contribution in [-0.2, 0) is 20.7 Å². The maximum absolute atomic E-state index is 12.4. The number of carbonyl (C=O) groups is 2. The number of anilines is 2. The smallest absolute Gasteiger partial charge is 0.414 e. The highest BCUT2D eigenvalue weighted by Gasteiger charge is 2.33. The van der Waals surface area contributed by atoms with Crippen molar-refractivity contribution in [1.82, 2.24) is 0 Å². The molecular formula is C20H21ClN2O4S. The molecule has 28 heavy (non-hydrogen) atoms. The number of thiophene rings is 1. The normalized spacial score (nSPS) is 20.4. The second kappa shape index (κ2) is 8.11. The van der Waals surface area contributed by atoms with E-state index in [1.54, 1.807) is 9.80 Å². The number of benzene rings is 1. The molecule has 0 aliphatic carbocycles. The van der Waals surface area contributed by atoms with Gasteiger partial charge in [0.25, 0.3) is 0 Å². The van der Waals surface area contributed by atoms with E-state index in [1.165, 1.54) is 11.3 Å². The van der Waals surface area contributed by atoms with Crippen LogP contribution in [0.2, 0.25) is 4.34 Å². The summed E-state index contributed by atoms with van der Waals surface area (Å²) < 4.78 is 11.7. The number of ether oxygens (including phenoxy) is 2. The molecule has 0 bridgehead atoms. The van der Waals surface area contributed by atoms with Crippen molar-refractivity contribution in [3.8, 4) is 0 Å². The summed E-state index contributed by atoms with van der Waals surface area (Å²) in [4.78, 5) is 28.1. The van der Waals surface area contributed by atoms with Crippen molar-refractivity contribution in [3.05, 3.63) is 45.1 Å². The zero-order valence-electron chi connectivity index (χ0n) is 15.5. The van der Waals surface area contributed by atoms with Crippen LogP contribution in [0.25, 0.3) is 0 Å². The van der Waals surface area contributed by atoms with E-state index in [0.29, 0.717) is 39.1 Å². The number of halogens is 1. The molecule has 6 nitrogen and oxygen atoms in total. The molecule has 2 aromatic rings. The number of nitrogens with zero attached hydrogens (tertiary/aromatic N) is 2. The summed E-state index contributed by atoms with van der Waals surface area (Å²) in [5.74, 6) is 0.0571. The van der Waals surface area contributed by atoms with Gasteiger partial charge in [0, 0.05) is 24.3 Å². The molecule has 2 amide bonds. The second-order valence-corrected chi connectivity index (χ2v) is 8.44. The van der Waals surface area contributed by atoms with E-state index in [4.69, 9.17) is 21.1 Å². The topological polar surface area (TPSA) is 59.1 Å². The summed E-state index contributed by atoms with van der Waals surface area (Å²) in [5, 5.41) is 1.93. The van der Waals surface area contributed by atoms with Crippen molar-refractivity contribution in [3.63, 3.8) is 0 Å². The van der Waals surface area contributed by atoms with Crippen molar-refractivity contribution in [2.75, 3.05) is 36.1 Å². The maximum atomic E-state index is 12.4. The largest absolute Gasteiger partial charge is 0.444 e. The number of aryl methyl sites for hydroxylation is 1. The van der Waals surface area contributed by atoms with Gasteiger partial charge in [0.1, 0.15) is 6.10 Å². The van der Waals surface area contributed by atoms with Crippen LogP contribution in [0.4, 0.5) is 16.2 Å². The highest BCUT2D eigenvalue weighted by Crippen LogP contribution is 2.31. The van der Waals surface area contributed by atoms with E-state index in [2.05, 4.69) is 0 Å². The molecule has 0 radical (unpaired) electrons. The molecule has 2 saturated heterocycles. The van der Waals surface area contributed by atoms with Crippen LogP contribution >= 0.6 is 22.9 Å². The Morgan fingerprint density at radius 3 is 2.82 bits per heavy atom. The van der Waals surface area contributed by atoms with Crippen LogP contribution in [0.1, 0.15) is 17.5 Å². The first-order chi connectivity index (χ1) is 13.5. The number of rotatable bonds is 4. The fourth-order valence-electron chi connectivity index (χ4n) is 3.59. The summed E-state index contributed by atoms with van der Waals surface area (Å²) in [5.41, 5.74) is 3.56. The first kappa shape index (κ1) is 19.2. The molecule has 148 valence electrons. The Morgan fingerprint density at radius 1 is 1.21 bits per heavy atom. The first-order valence-electron chi connectivity index (χ1n) is 9.21. The van der Waals surface area contributed by atoms with E-state index < -0.39 is 0 Å². The van der Waals surface area contributed by atoms with Gasteiger partial charge in [-0.1, -0.05) is 11.6 Å². The Morgan fingerprint density at radius 2 is 2.07 bits per heavy atom. The number of hydrogen-bond acceptors (Lipinski definition) is 5. The zero-order valence-corrected chi connectivity index (χ0v) is 17.1. The third kappa shape index (κ3) is 3.87. The monoisotopic (exact) mass is 420 g/mol. The molecule has 8 heteroatoms. The SMILES string of the molecule is Cc1cc(N2C[C@H](Cc3ccsc3Cl)OC2=O)ccc1N1CCOCCC1=O. The van der Waals surface area contributed by atoms with Crippen LogP contribution in [-0.4, -0.2) is 44.4 Å². The van der Waals surface area contributed by atoms with Crippen molar-refractivity contribution < 1.29 is 19.1 Å². The molecular weight excluding hydrogens is 400 g/mol. The van der Waals surface area contributed by atoms with Crippen molar-refractivity contribution in [2.24, 2.45) is 0 Å². The minimum Gasteiger partial charge on any atom is -0.444 e. The Labute approximate surface area is 172 Å². The fourth-order valence-corrected chi connectivity index (χ4v) is 4.54. The summed E-state index contributed by atoms with van der Waals surface area (Å²) in [6, 6.07) is 7.65. The number of hydrogen-bond donors (Lipinski definition) is 0. The van der Waals surface area contributed by atoms with E-state index in [1.807, 2.05) is 36.6 Å². The van der Waals surface area contributed by atoms with E-state index in [9.17, 15) is 9.59 Å². The average molecular weight is 421 g/mol. The minimum absolute atomic E-state index is 0.0571. The predicted molar refractivity (Wildman–Crippen MR) is 110 cm³/mol. The Bertz CT molecular complexity index is 900. The number of amides is 2. The highest BCUT2D eigenvalue weighted by atomic mass is 35.5. The quantitative estimate of drug-likeness (QED) is 0.749. The lowest BCUT2D eigenvalue weighted by atomic mass is 10.1. The Hall–Kier alpha value is -2.09. The summed E-state index contributed by atoms with van der Waals surface area (Å²) in [7, 11) is 0. The van der Waals surface area contributed by atoms with E-state index >= 15 is 0 Å². The molecule has 1 atom stereocenters. The fraction of sp³-hybridized carbons (Fsp3) is 0.400. The molecule has 0 unspecified atom stereocenters. The molecule has 2 aliphatic heterocycles. The Kier molecular flexibility index (Phi) is 5.57. The lowest BCUT2D eigenvalue weighted by Crippen LogP contribution is -2.32. The van der Waals surface area contributed by atoms with E-state index in [-0.39, 0.29) is 18.1 Å². The summed E-state index contributed by atoms with van der Waals surface area (Å²) in [6.07, 6.45) is 0.391. The maximum Gasteiger partial charge on any atom is 0.414 e. The first-order valence-corrected chi connectivity index (χ1v) is 10.5. The standard InChI is InChI=1S/C20H21ClN2O4S/c1-13-10-15(2-3-17(13)22-6-8-26-7-4-18(22)24)23-12-16(27-20(23)25)11-14-5-9-28-19(14)21/h2-3,5,9-10,16H,4,6-8,11-12H2,1H3/t16-/m0/s1. The third-order valence-electron chi connectivity index (χ3n) is 5.02. The predicted octanol–water partition coefficient (Wildman–Crippen LogP) is 4.03. The molecule has 4 rings (SSSR count). The summed E-state index contributed by atoms with van der Waals surface area (Å²) >= 11 is 7.64. The van der Waals surface area contributed by atoms with Crippen LogP contribution in [0.5, 0.6) is 0 Å². The summed E-state index contributed by atoms with van der Waals surface area (Å²) in [6.45, 7) is 3.94. The van der Waals surface area contributed by atoms with E-state index in [0.717, 1.165) is 26.8 Å². The van der Waals surface area contributed by atoms with Gasteiger partial charge in [0.2, 0.25) is 5.91 Å². The zero-order chi connectivity index (χ0) is 19.7. The van der Waals surface area contributed by atoms with Gasteiger partial charge in [-0.2, -0.15) is 0 Å². The van der Waals surface area contributed by atoms with Gasteiger partial charge in [-0.25, -0.2) is 4.79 Å². The van der Waals surface area contributed by atoms with Crippen LogP contribution in [0, 0.1) is 6.92 Å². The number of cyclic esters (lactones) is 1. The molecule has 2 aliphatic rings.